The highest BCUT2D eigenvalue weighted by atomic mass is 16.4. The summed E-state index contributed by atoms with van der Waals surface area (Å²) < 4.78 is 0. The zero-order valence-corrected chi connectivity index (χ0v) is 11.1. The Balaban J connectivity index is 1.41. The normalized spacial score (nSPS) is 24.2. The van der Waals surface area contributed by atoms with Gasteiger partial charge < -0.3 is 10.4 Å². The Hall–Kier alpha value is -1.98. The van der Waals surface area contributed by atoms with E-state index in [1.165, 1.54) is 12.8 Å². The first kappa shape index (κ1) is 13.0. The average Bonchev–Trinajstić information content (AvgIpc) is 3.29. The second kappa shape index (κ2) is 5.19. The molecule has 3 rings (SSSR count). The number of aliphatic carboxylic acids is 1. The summed E-state index contributed by atoms with van der Waals surface area (Å²) in [5.74, 6) is -0.411. The van der Waals surface area contributed by atoms with Gasteiger partial charge in [0.25, 0.3) is 0 Å². The van der Waals surface area contributed by atoms with Crippen molar-refractivity contribution < 1.29 is 14.7 Å². The summed E-state index contributed by atoms with van der Waals surface area (Å²) in [5, 5.41) is 11.5. The van der Waals surface area contributed by atoms with E-state index in [4.69, 9.17) is 5.11 Å². The van der Waals surface area contributed by atoms with E-state index in [2.05, 4.69) is 15.3 Å². The predicted octanol–water partition coefficient (Wildman–Crippen LogP) is 0.733. The maximum absolute atomic E-state index is 11.7. The number of carboxylic acids is 1. The molecular weight excluding hydrogens is 258 g/mol. The molecule has 2 N–H and O–H groups in total. The first-order valence-electron chi connectivity index (χ1n) is 6.96. The Kier molecular flexibility index (Phi) is 3.38. The third-order valence-corrected chi connectivity index (χ3v) is 3.83. The standard InChI is InChI=1S/C14H17N3O3/c18-13(10-5-11(10)14(19)20)15-4-3-8-6-16-12(17-7-8)9-1-2-9/h6-7,9-11H,1-5H2,(H,15,18)(H,19,20). The van der Waals surface area contributed by atoms with Crippen LogP contribution in [0.2, 0.25) is 0 Å². The summed E-state index contributed by atoms with van der Waals surface area (Å²) in [6, 6.07) is 0. The highest BCUT2D eigenvalue weighted by Gasteiger charge is 2.48. The van der Waals surface area contributed by atoms with E-state index >= 15 is 0 Å². The van der Waals surface area contributed by atoms with Crippen LogP contribution in [-0.4, -0.2) is 33.5 Å². The van der Waals surface area contributed by atoms with E-state index in [1.807, 2.05) is 12.4 Å². The van der Waals surface area contributed by atoms with Gasteiger partial charge in [0.15, 0.2) is 0 Å². The summed E-state index contributed by atoms with van der Waals surface area (Å²) in [6.07, 6.45) is 7.11. The molecule has 106 valence electrons. The Morgan fingerprint density at radius 1 is 1.25 bits per heavy atom. The largest absolute Gasteiger partial charge is 0.481 e. The topological polar surface area (TPSA) is 92.2 Å². The summed E-state index contributed by atoms with van der Waals surface area (Å²) in [4.78, 5) is 31.0. The van der Waals surface area contributed by atoms with Crippen LogP contribution in [-0.2, 0) is 16.0 Å². The van der Waals surface area contributed by atoms with Crippen molar-refractivity contribution in [3.63, 3.8) is 0 Å². The van der Waals surface area contributed by atoms with Gasteiger partial charge in [-0.05, 0) is 31.2 Å². The molecule has 6 heteroatoms. The number of carbonyl (C=O) groups is 2. The molecule has 2 fully saturated rings. The number of hydrogen-bond acceptors (Lipinski definition) is 4. The molecule has 0 aromatic carbocycles. The van der Waals surface area contributed by atoms with Crippen molar-refractivity contribution >= 4 is 11.9 Å². The number of nitrogens with zero attached hydrogens (tertiary/aromatic N) is 2. The summed E-state index contributed by atoms with van der Waals surface area (Å²) in [7, 11) is 0. The molecule has 0 radical (unpaired) electrons. The molecule has 0 saturated heterocycles. The van der Waals surface area contributed by atoms with Crippen molar-refractivity contribution in [2.75, 3.05) is 6.54 Å². The first-order chi connectivity index (χ1) is 9.65. The quantitative estimate of drug-likeness (QED) is 0.798. The third kappa shape index (κ3) is 2.95. The molecule has 0 spiro atoms. The summed E-state index contributed by atoms with van der Waals surface area (Å²) in [6.45, 7) is 0.494. The molecule has 1 amide bonds. The van der Waals surface area contributed by atoms with Gasteiger partial charge >= 0.3 is 5.97 Å². The Labute approximate surface area is 116 Å². The molecule has 2 atom stereocenters. The predicted molar refractivity (Wildman–Crippen MR) is 70.0 cm³/mol. The smallest absolute Gasteiger partial charge is 0.307 e. The summed E-state index contributed by atoms with van der Waals surface area (Å²) in [5.41, 5.74) is 0.986. The fourth-order valence-corrected chi connectivity index (χ4v) is 2.27. The van der Waals surface area contributed by atoms with Crippen molar-refractivity contribution in [3.05, 3.63) is 23.8 Å². The highest BCUT2D eigenvalue weighted by Crippen LogP contribution is 2.38. The minimum Gasteiger partial charge on any atom is -0.481 e. The van der Waals surface area contributed by atoms with Gasteiger partial charge in [0, 0.05) is 24.9 Å². The van der Waals surface area contributed by atoms with Crippen molar-refractivity contribution in [2.24, 2.45) is 11.8 Å². The van der Waals surface area contributed by atoms with Gasteiger partial charge in [-0.2, -0.15) is 0 Å². The van der Waals surface area contributed by atoms with E-state index in [0.717, 1.165) is 11.4 Å². The van der Waals surface area contributed by atoms with Crippen molar-refractivity contribution in [1.29, 1.82) is 0 Å². The molecule has 1 aromatic rings. The molecule has 2 unspecified atom stereocenters. The van der Waals surface area contributed by atoms with Crippen LogP contribution in [0.25, 0.3) is 0 Å². The maximum Gasteiger partial charge on any atom is 0.307 e. The van der Waals surface area contributed by atoms with Crippen LogP contribution in [0, 0.1) is 11.8 Å². The van der Waals surface area contributed by atoms with Gasteiger partial charge in [-0.3, -0.25) is 9.59 Å². The lowest BCUT2D eigenvalue weighted by atomic mass is 10.2. The third-order valence-electron chi connectivity index (χ3n) is 3.83. The van der Waals surface area contributed by atoms with Gasteiger partial charge in [0.2, 0.25) is 5.91 Å². The number of carbonyl (C=O) groups excluding carboxylic acids is 1. The number of hydrogen-bond donors (Lipinski definition) is 2. The van der Waals surface area contributed by atoms with Gasteiger partial charge in [-0.15, -0.1) is 0 Å². The molecule has 1 aromatic heterocycles. The van der Waals surface area contributed by atoms with E-state index in [9.17, 15) is 9.59 Å². The van der Waals surface area contributed by atoms with Crippen molar-refractivity contribution in [1.82, 2.24) is 15.3 Å². The highest BCUT2D eigenvalue weighted by molar-refractivity contribution is 5.89. The molecule has 2 aliphatic carbocycles. The monoisotopic (exact) mass is 275 g/mol. The summed E-state index contributed by atoms with van der Waals surface area (Å²) >= 11 is 0. The van der Waals surface area contributed by atoms with Gasteiger partial charge in [0.1, 0.15) is 5.82 Å². The molecule has 0 aliphatic heterocycles. The SMILES string of the molecule is O=C(O)C1CC1C(=O)NCCc1cnc(C2CC2)nc1. The van der Waals surface area contributed by atoms with Crippen LogP contribution < -0.4 is 5.32 Å². The molecule has 2 saturated carbocycles. The van der Waals surface area contributed by atoms with Crippen LogP contribution >= 0.6 is 0 Å². The minimum atomic E-state index is -0.880. The Morgan fingerprint density at radius 2 is 1.95 bits per heavy atom. The molecule has 6 nitrogen and oxygen atoms in total. The van der Waals surface area contributed by atoms with Crippen LogP contribution in [0.1, 0.15) is 36.6 Å². The molecule has 20 heavy (non-hydrogen) atoms. The second-order valence-corrected chi connectivity index (χ2v) is 5.55. The zero-order chi connectivity index (χ0) is 14.1. The molecular formula is C14H17N3O3. The minimum absolute atomic E-state index is 0.159. The maximum atomic E-state index is 11.7. The zero-order valence-electron chi connectivity index (χ0n) is 11.1. The Bertz CT molecular complexity index is 525. The fraction of sp³-hybridized carbons (Fsp3) is 0.571. The number of aromatic nitrogens is 2. The van der Waals surface area contributed by atoms with Crippen LogP contribution in [0.3, 0.4) is 0 Å². The van der Waals surface area contributed by atoms with E-state index < -0.39 is 11.9 Å². The van der Waals surface area contributed by atoms with Crippen molar-refractivity contribution in [2.45, 2.75) is 31.6 Å². The van der Waals surface area contributed by atoms with E-state index in [-0.39, 0.29) is 11.8 Å². The lowest BCUT2D eigenvalue weighted by Gasteiger charge is -2.04. The molecule has 2 aliphatic rings. The van der Waals surface area contributed by atoms with Crippen LogP contribution in [0.4, 0.5) is 0 Å². The number of carboxylic acid groups (broad SMARTS) is 1. The Morgan fingerprint density at radius 3 is 2.50 bits per heavy atom. The lowest BCUT2D eigenvalue weighted by molar-refractivity contribution is -0.140. The van der Waals surface area contributed by atoms with Crippen LogP contribution in [0.5, 0.6) is 0 Å². The van der Waals surface area contributed by atoms with Crippen molar-refractivity contribution in [3.8, 4) is 0 Å². The first-order valence-corrected chi connectivity index (χ1v) is 6.96. The number of nitrogens with one attached hydrogen (secondary N) is 1. The average molecular weight is 275 g/mol. The number of amides is 1. The van der Waals surface area contributed by atoms with Gasteiger partial charge in [0.05, 0.1) is 11.8 Å². The van der Waals surface area contributed by atoms with Gasteiger partial charge in [-0.25, -0.2) is 9.97 Å². The fourth-order valence-electron chi connectivity index (χ4n) is 2.27. The lowest BCUT2D eigenvalue weighted by Crippen LogP contribution is -2.28. The second-order valence-electron chi connectivity index (χ2n) is 5.55. The van der Waals surface area contributed by atoms with E-state index in [1.54, 1.807) is 0 Å². The number of rotatable bonds is 6. The molecule has 0 bridgehead atoms. The molecule has 1 heterocycles. The van der Waals surface area contributed by atoms with E-state index in [0.29, 0.717) is 25.3 Å². The van der Waals surface area contributed by atoms with Crippen LogP contribution in [0.15, 0.2) is 12.4 Å². The van der Waals surface area contributed by atoms with Gasteiger partial charge in [-0.1, -0.05) is 0 Å².